The summed E-state index contributed by atoms with van der Waals surface area (Å²) in [6.07, 6.45) is 0. The van der Waals surface area contributed by atoms with Crippen molar-refractivity contribution in [2.24, 2.45) is 0 Å². The molecule has 0 saturated heterocycles. The Kier molecular flexibility index (Phi) is 7.60. The lowest BCUT2D eigenvalue weighted by molar-refractivity contribution is -0.122. The molecule has 0 fully saturated rings. The molecular formula is C21H27FN2O2. The van der Waals surface area contributed by atoms with Crippen LogP contribution in [0.5, 0.6) is 5.75 Å². The number of nitrogens with one attached hydrogen (secondary N) is 1. The molecule has 26 heavy (non-hydrogen) atoms. The van der Waals surface area contributed by atoms with E-state index in [0.717, 1.165) is 5.56 Å². The van der Waals surface area contributed by atoms with Crippen LogP contribution in [0.15, 0.2) is 48.5 Å². The molecule has 0 aliphatic heterocycles. The number of carbonyl (C=O) groups excluding carboxylic acids is 1. The summed E-state index contributed by atoms with van der Waals surface area (Å²) in [4.78, 5) is 14.2. The van der Waals surface area contributed by atoms with Gasteiger partial charge in [-0.3, -0.25) is 9.69 Å². The van der Waals surface area contributed by atoms with Gasteiger partial charge in [0.1, 0.15) is 0 Å². The third-order valence-electron chi connectivity index (χ3n) is 4.41. The summed E-state index contributed by atoms with van der Waals surface area (Å²) >= 11 is 0. The summed E-state index contributed by atoms with van der Waals surface area (Å²) in [5.74, 6) is 0.0705. The van der Waals surface area contributed by atoms with Gasteiger partial charge < -0.3 is 10.1 Å². The smallest absolute Gasteiger partial charge is 0.234 e. The quantitative estimate of drug-likeness (QED) is 0.745. The summed E-state index contributed by atoms with van der Waals surface area (Å²) in [5, 5.41) is 2.99. The molecule has 0 radical (unpaired) electrons. The van der Waals surface area contributed by atoms with Crippen molar-refractivity contribution in [1.82, 2.24) is 10.2 Å². The molecule has 1 amide bonds. The highest BCUT2D eigenvalue weighted by molar-refractivity contribution is 5.78. The first kappa shape index (κ1) is 19.9. The van der Waals surface area contributed by atoms with Crippen molar-refractivity contribution in [2.75, 3.05) is 26.7 Å². The van der Waals surface area contributed by atoms with Crippen LogP contribution in [0.3, 0.4) is 0 Å². The monoisotopic (exact) mass is 358 g/mol. The van der Waals surface area contributed by atoms with Gasteiger partial charge in [-0.1, -0.05) is 50.2 Å². The number of benzene rings is 2. The zero-order valence-corrected chi connectivity index (χ0v) is 15.7. The Bertz CT molecular complexity index is 706. The highest BCUT2D eigenvalue weighted by atomic mass is 19.1. The number of hydrogen-bond donors (Lipinski definition) is 1. The minimum atomic E-state index is -0.387. The number of likely N-dealkylation sites (N-methyl/N-ethyl adjacent to an activating group) is 1. The van der Waals surface area contributed by atoms with Gasteiger partial charge in [0.25, 0.3) is 0 Å². The molecule has 5 heteroatoms. The van der Waals surface area contributed by atoms with E-state index >= 15 is 0 Å². The normalized spacial score (nSPS) is 12.0. The van der Waals surface area contributed by atoms with Crippen LogP contribution in [-0.2, 0) is 11.3 Å². The average molecular weight is 358 g/mol. The Hall–Kier alpha value is -2.40. The lowest BCUT2D eigenvalue weighted by Crippen LogP contribution is -2.38. The third-order valence-corrected chi connectivity index (χ3v) is 4.41. The zero-order valence-electron chi connectivity index (χ0n) is 15.7. The molecule has 0 spiro atoms. The first-order chi connectivity index (χ1) is 12.5. The Labute approximate surface area is 155 Å². The van der Waals surface area contributed by atoms with E-state index in [-0.39, 0.29) is 29.9 Å². The van der Waals surface area contributed by atoms with Gasteiger partial charge in [-0.15, -0.1) is 0 Å². The lowest BCUT2D eigenvalue weighted by atomic mass is 10.0. The van der Waals surface area contributed by atoms with Crippen LogP contribution >= 0.6 is 0 Å². The van der Waals surface area contributed by atoms with Gasteiger partial charge in [-0.2, -0.15) is 0 Å². The second-order valence-electron chi connectivity index (χ2n) is 6.39. The number of carbonyl (C=O) groups is 1. The molecule has 0 bridgehead atoms. The van der Waals surface area contributed by atoms with Crippen molar-refractivity contribution >= 4 is 5.91 Å². The first-order valence-electron chi connectivity index (χ1n) is 8.89. The van der Waals surface area contributed by atoms with Crippen molar-refractivity contribution in [2.45, 2.75) is 26.3 Å². The van der Waals surface area contributed by atoms with Gasteiger partial charge in [-0.25, -0.2) is 4.39 Å². The van der Waals surface area contributed by atoms with Gasteiger partial charge in [-0.05, 0) is 35.7 Å². The highest BCUT2D eigenvalue weighted by Gasteiger charge is 2.13. The summed E-state index contributed by atoms with van der Waals surface area (Å²) in [5.41, 5.74) is 2.02. The molecule has 0 aliphatic rings. The maximum Gasteiger partial charge on any atom is 0.234 e. The maximum absolute atomic E-state index is 13.8. The van der Waals surface area contributed by atoms with Crippen molar-refractivity contribution in [3.05, 3.63) is 65.5 Å². The van der Waals surface area contributed by atoms with E-state index < -0.39 is 0 Å². The van der Waals surface area contributed by atoms with E-state index in [1.807, 2.05) is 36.1 Å². The fraction of sp³-hybridized carbons (Fsp3) is 0.381. The van der Waals surface area contributed by atoms with Crippen LogP contribution in [0.4, 0.5) is 4.39 Å². The van der Waals surface area contributed by atoms with E-state index in [4.69, 9.17) is 4.74 Å². The second kappa shape index (κ2) is 9.92. The summed E-state index contributed by atoms with van der Waals surface area (Å²) in [6.45, 7) is 6.17. The van der Waals surface area contributed by atoms with Crippen LogP contribution < -0.4 is 10.1 Å². The molecule has 0 saturated carbocycles. The standard InChI is InChI=1S/C21H27FN2O2/c1-4-24(14-17-10-11-20(26-3)19(22)12-17)15-21(25)23-13-16(2)18-8-6-5-7-9-18/h5-12,16H,4,13-15H2,1-3H3,(H,23,25). The highest BCUT2D eigenvalue weighted by Crippen LogP contribution is 2.18. The Morgan fingerprint density at radius 1 is 1.23 bits per heavy atom. The van der Waals surface area contributed by atoms with E-state index in [1.54, 1.807) is 6.07 Å². The zero-order chi connectivity index (χ0) is 18.9. The van der Waals surface area contributed by atoms with E-state index in [2.05, 4.69) is 24.4 Å². The molecule has 2 rings (SSSR count). The van der Waals surface area contributed by atoms with E-state index in [1.165, 1.54) is 18.7 Å². The third kappa shape index (κ3) is 5.85. The van der Waals surface area contributed by atoms with Crippen molar-refractivity contribution in [3.8, 4) is 5.75 Å². The molecule has 2 aromatic carbocycles. The van der Waals surface area contributed by atoms with Crippen LogP contribution in [0.2, 0.25) is 0 Å². The number of ether oxygens (including phenoxy) is 1. The van der Waals surface area contributed by atoms with Crippen molar-refractivity contribution in [1.29, 1.82) is 0 Å². The fourth-order valence-corrected chi connectivity index (χ4v) is 2.77. The van der Waals surface area contributed by atoms with Gasteiger partial charge >= 0.3 is 0 Å². The van der Waals surface area contributed by atoms with Gasteiger partial charge in [0.2, 0.25) is 5.91 Å². The Morgan fingerprint density at radius 2 is 1.96 bits per heavy atom. The first-order valence-corrected chi connectivity index (χ1v) is 8.89. The summed E-state index contributed by atoms with van der Waals surface area (Å²) in [7, 11) is 1.44. The number of halogens is 1. The number of amides is 1. The summed E-state index contributed by atoms with van der Waals surface area (Å²) in [6, 6.07) is 15.0. The molecule has 1 unspecified atom stereocenters. The Balaban J connectivity index is 1.85. The minimum Gasteiger partial charge on any atom is -0.494 e. The molecule has 0 heterocycles. The van der Waals surface area contributed by atoms with Gasteiger partial charge in [0, 0.05) is 13.1 Å². The fourth-order valence-electron chi connectivity index (χ4n) is 2.77. The second-order valence-corrected chi connectivity index (χ2v) is 6.39. The largest absolute Gasteiger partial charge is 0.494 e. The average Bonchev–Trinajstić information content (AvgIpc) is 2.66. The number of nitrogens with zero attached hydrogens (tertiary/aromatic N) is 1. The van der Waals surface area contributed by atoms with Crippen molar-refractivity contribution < 1.29 is 13.9 Å². The molecule has 140 valence electrons. The number of methoxy groups -OCH3 is 1. The topological polar surface area (TPSA) is 41.6 Å². The van der Waals surface area contributed by atoms with Crippen LogP contribution in [-0.4, -0.2) is 37.6 Å². The molecular weight excluding hydrogens is 331 g/mol. The molecule has 4 nitrogen and oxygen atoms in total. The SMILES string of the molecule is CCN(CC(=O)NCC(C)c1ccccc1)Cc1ccc(OC)c(F)c1. The predicted octanol–water partition coefficient (Wildman–Crippen LogP) is 3.58. The van der Waals surface area contributed by atoms with Gasteiger partial charge in [0.15, 0.2) is 11.6 Å². The van der Waals surface area contributed by atoms with Crippen LogP contribution in [0.25, 0.3) is 0 Å². The van der Waals surface area contributed by atoms with Crippen LogP contribution in [0, 0.1) is 5.82 Å². The van der Waals surface area contributed by atoms with Gasteiger partial charge in [0.05, 0.1) is 13.7 Å². The molecule has 1 N–H and O–H groups in total. The maximum atomic E-state index is 13.8. The van der Waals surface area contributed by atoms with E-state index in [9.17, 15) is 9.18 Å². The van der Waals surface area contributed by atoms with Crippen molar-refractivity contribution in [3.63, 3.8) is 0 Å². The molecule has 1 atom stereocenters. The predicted molar refractivity (Wildman–Crippen MR) is 102 cm³/mol. The molecule has 0 aliphatic carbocycles. The van der Waals surface area contributed by atoms with Crippen LogP contribution in [0.1, 0.15) is 30.9 Å². The molecule has 0 aromatic heterocycles. The number of rotatable bonds is 9. The minimum absolute atomic E-state index is 0.0244. The number of hydrogen-bond acceptors (Lipinski definition) is 3. The molecule has 2 aromatic rings. The lowest BCUT2D eigenvalue weighted by Gasteiger charge is -2.21. The summed E-state index contributed by atoms with van der Waals surface area (Å²) < 4.78 is 18.7. The van der Waals surface area contributed by atoms with E-state index in [0.29, 0.717) is 19.6 Å². The Morgan fingerprint density at radius 3 is 2.58 bits per heavy atom.